The molecular formula is C90H152O6P2. The van der Waals surface area contributed by atoms with E-state index in [1.54, 1.807) is 0 Å². The van der Waals surface area contributed by atoms with Gasteiger partial charge in [-0.3, -0.25) is 9.05 Å². The van der Waals surface area contributed by atoms with Crippen molar-refractivity contribution in [3.63, 3.8) is 0 Å². The van der Waals surface area contributed by atoms with Gasteiger partial charge in [-0.25, -0.2) is 0 Å². The molecule has 0 saturated heterocycles. The van der Waals surface area contributed by atoms with Gasteiger partial charge in [-0.15, -0.1) is 0 Å². The summed E-state index contributed by atoms with van der Waals surface area (Å²) in [5, 5.41) is 0. The molecule has 0 aliphatic rings. The van der Waals surface area contributed by atoms with Crippen molar-refractivity contribution < 1.29 is 27.1 Å². The van der Waals surface area contributed by atoms with Crippen LogP contribution in [-0.4, -0.2) is 13.2 Å². The average Bonchev–Trinajstić information content (AvgIpc) is 0.774. The van der Waals surface area contributed by atoms with Crippen LogP contribution in [0.5, 0.6) is 23.0 Å². The number of hydrogen-bond donors (Lipinski definition) is 0. The zero-order valence-corrected chi connectivity index (χ0v) is 68.0. The third-order valence-electron chi connectivity index (χ3n) is 20.3. The van der Waals surface area contributed by atoms with Crippen LogP contribution in [0, 0.1) is 13.8 Å². The van der Waals surface area contributed by atoms with Crippen LogP contribution in [0.2, 0.25) is 0 Å². The standard InChI is InChI=1S/C90H152O6P2/c1-14-19-23-27-31-33-35-37-39-41-43-45-47-49-53-57-70-91-97(93-80-66-62-78(63-67-80)60-55-51-29-25-21-16-3)95-87-72-76(6)83(74-85(87)89(8,9)10)82(59-18-5)84-75-86(90(11,12)13)88(73-77(84)7)96-98(94-81-68-64-79(65-69-81)61-56-52-30-26-22-17-4)92-71-58-54-50-48-46-44-42-40-38-36-34-32-28-24-20-15-2/h62-69,72-75,82H,14-61,70-71H2,1-13H3. The lowest BCUT2D eigenvalue weighted by molar-refractivity contribution is 0.256. The Labute approximate surface area is 609 Å². The van der Waals surface area contributed by atoms with Gasteiger partial charge < -0.3 is 18.1 Å². The van der Waals surface area contributed by atoms with Crippen molar-refractivity contribution in [3.05, 3.63) is 117 Å². The molecule has 8 heteroatoms. The Hall–Kier alpha value is -3.14. The molecule has 0 N–H and O–H groups in total. The molecule has 0 aliphatic heterocycles. The van der Waals surface area contributed by atoms with Gasteiger partial charge in [-0.1, -0.05) is 376 Å². The Morgan fingerprint density at radius 2 is 0.551 bits per heavy atom. The maximum absolute atomic E-state index is 7.12. The quantitative estimate of drug-likeness (QED) is 0.0324. The summed E-state index contributed by atoms with van der Waals surface area (Å²) in [7, 11) is -3.48. The lowest BCUT2D eigenvalue weighted by Crippen LogP contribution is -2.17. The maximum Gasteiger partial charge on any atom is 0.463 e. The lowest BCUT2D eigenvalue weighted by Gasteiger charge is -2.31. The predicted octanol–water partition coefficient (Wildman–Crippen LogP) is 31.6. The molecule has 0 bridgehead atoms. The van der Waals surface area contributed by atoms with Crippen molar-refractivity contribution in [2.24, 2.45) is 0 Å². The second-order valence-corrected chi connectivity index (χ2v) is 33.8. The van der Waals surface area contributed by atoms with E-state index in [0.29, 0.717) is 13.2 Å². The van der Waals surface area contributed by atoms with Gasteiger partial charge in [0.05, 0.1) is 13.2 Å². The van der Waals surface area contributed by atoms with E-state index in [-0.39, 0.29) is 16.7 Å². The van der Waals surface area contributed by atoms with Gasteiger partial charge in [-0.2, -0.15) is 0 Å². The fourth-order valence-electron chi connectivity index (χ4n) is 13.9. The fourth-order valence-corrected chi connectivity index (χ4v) is 16.0. The Morgan fingerprint density at radius 3 is 0.806 bits per heavy atom. The summed E-state index contributed by atoms with van der Waals surface area (Å²) in [4.78, 5) is 0. The molecule has 0 saturated carbocycles. The fraction of sp³-hybridized carbons (Fsp3) is 0.733. The summed E-state index contributed by atoms with van der Waals surface area (Å²) in [6.45, 7) is 31.2. The van der Waals surface area contributed by atoms with Gasteiger partial charge in [0.1, 0.15) is 23.0 Å². The summed E-state index contributed by atoms with van der Waals surface area (Å²) in [5.41, 5.74) is 9.74. The van der Waals surface area contributed by atoms with E-state index in [4.69, 9.17) is 27.1 Å². The van der Waals surface area contributed by atoms with Crippen LogP contribution in [0.4, 0.5) is 0 Å². The second-order valence-electron chi connectivity index (χ2n) is 31.7. The number of aryl methyl sites for hydroxylation is 4. The molecule has 4 rings (SSSR count). The maximum atomic E-state index is 7.12. The molecule has 0 amide bonds. The molecule has 0 radical (unpaired) electrons. The SMILES string of the molecule is CCCCCCCCCCCCCCCCCCOP(Oc1ccc(CCCCCCCC)cc1)Oc1cc(C)c(C(CCC)c2cc(C(C)(C)C)c(OP(OCCCCCCCCCCCCCCCCCC)Oc3ccc(CCCCCCCC)cc3)cc2C)cc1C(C)(C)C. The van der Waals surface area contributed by atoms with Crippen LogP contribution in [0.25, 0.3) is 0 Å². The van der Waals surface area contributed by atoms with Crippen LogP contribution in [0.15, 0.2) is 72.8 Å². The zero-order valence-electron chi connectivity index (χ0n) is 66.2. The monoisotopic (exact) mass is 1390 g/mol. The van der Waals surface area contributed by atoms with Crippen molar-refractivity contribution in [3.8, 4) is 23.0 Å². The van der Waals surface area contributed by atoms with E-state index in [0.717, 1.165) is 74.4 Å². The molecule has 98 heavy (non-hydrogen) atoms. The summed E-state index contributed by atoms with van der Waals surface area (Å²) < 4.78 is 41.3. The first-order chi connectivity index (χ1) is 47.6. The summed E-state index contributed by atoms with van der Waals surface area (Å²) in [5.74, 6) is 3.46. The highest BCUT2D eigenvalue weighted by Gasteiger charge is 2.31. The van der Waals surface area contributed by atoms with Gasteiger partial charge in [0.15, 0.2) is 0 Å². The Balaban J connectivity index is 1.52. The van der Waals surface area contributed by atoms with Crippen molar-refractivity contribution in [2.45, 2.75) is 415 Å². The molecule has 4 aromatic carbocycles. The predicted molar refractivity (Wildman–Crippen MR) is 431 cm³/mol. The number of unbranched alkanes of at least 4 members (excludes halogenated alkanes) is 40. The number of rotatable bonds is 62. The summed E-state index contributed by atoms with van der Waals surface area (Å²) in [6.07, 6.45) is 62.8. The van der Waals surface area contributed by atoms with E-state index in [1.165, 1.54) is 301 Å². The highest BCUT2D eigenvalue weighted by atomic mass is 31.2. The van der Waals surface area contributed by atoms with Crippen LogP contribution in [-0.2, 0) is 32.7 Å². The van der Waals surface area contributed by atoms with Crippen LogP contribution in [0.1, 0.15) is 422 Å². The third kappa shape index (κ3) is 38.9. The largest absolute Gasteiger partial charge is 0.463 e. The van der Waals surface area contributed by atoms with Gasteiger partial charge in [0.25, 0.3) is 0 Å². The van der Waals surface area contributed by atoms with Crippen molar-refractivity contribution in [2.75, 3.05) is 13.2 Å². The molecule has 0 aromatic heterocycles. The van der Waals surface area contributed by atoms with E-state index in [9.17, 15) is 0 Å². The molecule has 2 unspecified atom stereocenters. The van der Waals surface area contributed by atoms with Crippen LogP contribution < -0.4 is 18.1 Å². The molecule has 6 nitrogen and oxygen atoms in total. The average molecular weight is 1390 g/mol. The van der Waals surface area contributed by atoms with Crippen molar-refractivity contribution >= 4 is 17.2 Å². The van der Waals surface area contributed by atoms with E-state index < -0.39 is 17.2 Å². The van der Waals surface area contributed by atoms with Gasteiger partial charge in [0.2, 0.25) is 0 Å². The number of hydrogen-bond acceptors (Lipinski definition) is 6. The molecule has 4 aromatic rings. The Kier molecular flexibility index (Phi) is 48.5. The highest BCUT2D eigenvalue weighted by molar-refractivity contribution is 7.42. The van der Waals surface area contributed by atoms with Crippen LogP contribution in [0.3, 0.4) is 0 Å². The van der Waals surface area contributed by atoms with Gasteiger partial charge in [-0.05, 0) is 139 Å². The molecule has 0 fully saturated rings. The number of benzene rings is 4. The van der Waals surface area contributed by atoms with Gasteiger partial charge in [0, 0.05) is 17.0 Å². The third-order valence-corrected chi connectivity index (χ3v) is 22.5. The van der Waals surface area contributed by atoms with Crippen molar-refractivity contribution in [1.29, 1.82) is 0 Å². The molecule has 0 spiro atoms. The normalized spacial score (nSPS) is 12.9. The van der Waals surface area contributed by atoms with E-state index in [1.807, 2.05) is 0 Å². The molecule has 0 aliphatic carbocycles. The molecule has 0 heterocycles. The topological polar surface area (TPSA) is 55.4 Å². The van der Waals surface area contributed by atoms with Crippen molar-refractivity contribution in [1.82, 2.24) is 0 Å². The first-order valence-corrected chi connectivity index (χ1v) is 43.9. The minimum absolute atomic E-state index is 0.155. The lowest BCUT2D eigenvalue weighted by atomic mass is 9.76. The Morgan fingerprint density at radius 1 is 0.296 bits per heavy atom. The zero-order chi connectivity index (χ0) is 70.7. The first kappa shape index (κ1) is 87.3. The first-order valence-electron chi connectivity index (χ1n) is 41.7. The minimum Gasteiger partial charge on any atom is -0.418 e. The van der Waals surface area contributed by atoms with Gasteiger partial charge >= 0.3 is 17.2 Å². The molecule has 2 atom stereocenters. The second kappa shape index (κ2) is 54.5. The molecular weight excluding hydrogens is 1240 g/mol. The summed E-state index contributed by atoms with van der Waals surface area (Å²) in [6, 6.07) is 27.0. The van der Waals surface area contributed by atoms with E-state index >= 15 is 0 Å². The Bertz CT molecular complexity index is 2370. The highest BCUT2D eigenvalue weighted by Crippen LogP contribution is 2.50. The van der Waals surface area contributed by atoms with E-state index in [2.05, 4.69) is 163 Å². The smallest absolute Gasteiger partial charge is 0.418 e. The summed E-state index contributed by atoms with van der Waals surface area (Å²) >= 11 is 0. The minimum atomic E-state index is -1.74. The van der Waals surface area contributed by atoms with Crippen LogP contribution >= 0.6 is 17.2 Å². The molecule has 558 valence electrons.